The Labute approximate surface area is 148 Å². The first-order valence-electron chi connectivity index (χ1n) is 6.37. The van der Waals surface area contributed by atoms with Crippen LogP contribution in [0.3, 0.4) is 0 Å². The van der Waals surface area contributed by atoms with Crippen molar-refractivity contribution in [1.82, 2.24) is 10.2 Å². The molecule has 0 aliphatic carbocycles. The van der Waals surface area contributed by atoms with Gasteiger partial charge < -0.3 is 10.4 Å². The Morgan fingerprint density at radius 1 is 1.23 bits per heavy atom. The Bertz CT molecular complexity index is 471. The van der Waals surface area contributed by atoms with Crippen molar-refractivity contribution < 1.29 is 18.3 Å². The molecule has 1 saturated heterocycles. The van der Waals surface area contributed by atoms with Crippen molar-refractivity contribution in [3.63, 3.8) is 0 Å². The van der Waals surface area contributed by atoms with E-state index in [1.165, 1.54) is 6.07 Å². The molecule has 1 heterocycles. The van der Waals surface area contributed by atoms with Gasteiger partial charge in [-0.05, 0) is 33.6 Å². The molecule has 0 unspecified atom stereocenters. The zero-order valence-electron chi connectivity index (χ0n) is 11.6. The number of hydrogen-bond donors (Lipinski definition) is 2. The molecule has 1 aromatic carbocycles. The molecule has 2 N–H and O–H groups in total. The van der Waals surface area contributed by atoms with E-state index in [-0.39, 0.29) is 30.6 Å². The van der Waals surface area contributed by atoms with E-state index < -0.39 is 18.6 Å². The number of halogens is 6. The van der Waals surface area contributed by atoms with E-state index in [0.717, 1.165) is 0 Å². The normalized spacial score (nSPS) is 17.3. The van der Waals surface area contributed by atoms with Gasteiger partial charge in [0.25, 0.3) is 0 Å². The van der Waals surface area contributed by atoms with Gasteiger partial charge in [-0.15, -0.1) is 24.8 Å². The standard InChI is InChI=1S/C13H16BrF3N2O.2ClH/c14-10-7-9(1-2-12(10)20)11(8-13(15,16)17)19-5-3-18-4-6-19;;/h1-2,7,11,18,20H,3-6,8H2;2*1H/t11-;;/m1../s1. The first-order valence-corrected chi connectivity index (χ1v) is 7.16. The number of hydrogen-bond acceptors (Lipinski definition) is 3. The minimum Gasteiger partial charge on any atom is -0.507 e. The Balaban J connectivity index is 0.00000220. The molecular formula is C13H18BrCl2F3N2O. The highest BCUT2D eigenvalue weighted by Crippen LogP contribution is 2.36. The second-order valence-electron chi connectivity index (χ2n) is 4.83. The fraction of sp³-hybridized carbons (Fsp3) is 0.538. The van der Waals surface area contributed by atoms with Crippen LogP contribution >= 0.6 is 40.7 Å². The number of phenols is 1. The molecule has 1 fully saturated rings. The highest BCUT2D eigenvalue weighted by Gasteiger charge is 2.36. The highest BCUT2D eigenvalue weighted by atomic mass is 79.9. The molecule has 0 radical (unpaired) electrons. The van der Waals surface area contributed by atoms with Gasteiger partial charge in [-0.1, -0.05) is 6.07 Å². The number of alkyl halides is 3. The van der Waals surface area contributed by atoms with Crippen molar-refractivity contribution in [2.75, 3.05) is 26.2 Å². The van der Waals surface area contributed by atoms with Gasteiger partial charge in [0.05, 0.1) is 10.9 Å². The molecule has 9 heteroatoms. The molecule has 0 spiro atoms. The molecule has 128 valence electrons. The van der Waals surface area contributed by atoms with Crippen molar-refractivity contribution in [3.05, 3.63) is 28.2 Å². The summed E-state index contributed by atoms with van der Waals surface area (Å²) in [6, 6.07) is 3.83. The zero-order valence-corrected chi connectivity index (χ0v) is 14.8. The highest BCUT2D eigenvalue weighted by molar-refractivity contribution is 9.10. The van der Waals surface area contributed by atoms with Crippen LogP contribution in [-0.2, 0) is 0 Å². The molecule has 0 saturated carbocycles. The molecule has 3 nitrogen and oxygen atoms in total. The lowest BCUT2D eigenvalue weighted by molar-refractivity contribution is -0.148. The number of benzene rings is 1. The topological polar surface area (TPSA) is 35.5 Å². The average molecular weight is 426 g/mol. The summed E-state index contributed by atoms with van der Waals surface area (Å²) >= 11 is 3.16. The van der Waals surface area contributed by atoms with Crippen molar-refractivity contribution in [2.24, 2.45) is 0 Å². The second-order valence-corrected chi connectivity index (χ2v) is 5.69. The third kappa shape index (κ3) is 6.12. The Hall–Kier alpha value is -0.210. The lowest BCUT2D eigenvalue weighted by Gasteiger charge is -2.35. The SMILES string of the molecule is Cl.Cl.Oc1ccc([C@@H](CC(F)(F)F)N2CCNCC2)cc1Br. The van der Waals surface area contributed by atoms with Gasteiger partial charge in [-0.25, -0.2) is 0 Å². The summed E-state index contributed by atoms with van der Waals surface area (Å²) in [6.45, 7) is 2.54. The molecule has 2 rings (SSSR count). The van der Waals surface area contributed by atoms with Crippen LogP contribution in [0.1, 0.15) is 18.0 Å². The van der Waals surface area contributed by atoms with Gasteiger partial charge in [-0.2, -0.15) is 13.2 Å². The van der Waals surface area contributed by atoms with Crippen LogP contribution in [0.25, 0.3) is 0 Å². The molecule has 0 bridgehead atoms. The summed E-state index contributed by atoms with van der Waals surface area (Å²) in [5.41, 5.74) is 0.564. The molecule has 1 aliphatic rings. The summed E-state index contributed by atoms with van der Waals surface area (Å²) < 4.78 is 38.9. The van der Waals surface area contributed by atoms with Gasteiger partial charge in [0, 0.05) is 32.2 Å². The molecule has 1 aromatic rings. The summed E-state index contributed by atoms with van der Waals surface area (Å²) in [4.78, 5) is 1.84. The van der Waals surface area contributed by atoms with Gasteiger partial charge >= 0.3 is 6.18 Å². The second kappa shape index (κ2) is 9.17. The van der Waals surface area contributed by atoms with Crippen LogP contribution in [0.15, 0.2) is 22.7 Å². The number of phenolic OH excluding ortho intramolecular Hbond substituents is 1. The molecule has 0 amide bonds. The fourth-order valence-corrected chi connectivity index (χ4v) is 2.80. The molecule has 1 atom stereocenters. The van der Waals surface area contributed by atoms with Crippen LogP contribution in [0.4, 0.5) is 13.2 Å². The Morgan fingerprint density at radius 2 is 1.82 bits per heavy atom. The first kappa shape index (κ1) is 21.8. The third-order valence-electron chi connectivity index (χ3n) is 3.37. The van der Waals surface area contributed by atoms with Crippen LogP contribution < -0.4 is 5.32 Å². The summed E-state index contributed by atoms with van der Waals surface area (Å²) in [7, 11) is 0. The largest absolute Gasteiger partial charge is 0.507 e. The van der Waals surface area contributed by atoms with E-state index in [4.69, 9.17) is 0 Å². The molecule has 0 aromatic heterocycles. The quantitative estimate of drug-likeness (QED) is 0.770. The van der Waals surface area contributed by atoms with Crippen LogP contribution in [0.2, 0.25) is 0 Å². The van der Waals surface area contributed by atoms with Crippen LogP contribution in [-0.4, -0.2) is 42.4 Å². The zero-order chi connectivity index (χ0) is 14.8. The number of nitrogens with zero attached hydrogens (tertiary/aromatic N) is 1. The predicted octanol–water partition coefficient (Wildman–Crippen LogP) is 3.90. The van der Waals surface area contributed by atoms with E-state index in [2.05, 4.69) is 21.2 Å². The van der Waals surface area contributed by atoms with Crippen molar-refractivity contribution in [1.29, 1.82) is 0 Å². The van der Waals surface area contributed by atoms with Crippen molar-refractivity contribution in [2.45, 2.75) is 18.6 Å². The summed E-state index contributed by atoms with van der Waals surface area (Å²) in [5, 5.41) is 12.6. The number of nitrogens with one attached hydrogen (secondary N) is 1. The maximum atomic E-state index is 12.8. The molecule has 22 heavy (non-hydrogen) atoms. The van der Waals surface area contributed by atoms with Crippen molar-refractivity contribution >= 4 is 40.7 Å². The van der Waals surface area contributed by atoms with Crippen LogP contribution in [0.5, 0.6) is 5.75 Å². The predicted molar refractivity (Wildman–Crippen MR) is 88.2 cm³/mol. The van der Waals surface area contributed by atoms with E-state index in [9.17, 15) is 18.3 Å². The van der Waals surface area contributed by atoms with E-state index in [0.29, 0.717) is 36.2 Å². The minimum absolute atomic E-state index is 0. The minimum atomic E-state index is -4.22. The van der Waals surface area contributed by atoms with Gasteiger partial charge in [0.2, 0.25) is 0 Å². The van der Waals surface area contributed by atoms with Gasteiger partial charge in [-0.3, -0.25) is 4.90 Å². The lowest BCUT2D eigenvalue weighted by Crippen LogP contribution is -2.46. The first-order chi connectivity index (χ1) is 9.37. The summed E-state index contributed by atoms with van der Waals surface area (Å²) in [5.74, 6) is 0.0276. The number of piperazine rings is 1. The van der Waals surface area contributed by atoms with Gasteiger partial charge in [0.15, 0.2) is 0 Å². The molecule has 1 aliphatic heterocycles. The third-order valence-corrected chi connectivity index (χ3v) is 4.01. The van der Waals surface area contributed by atoms with E-state index in [1.807, 2.05) is 4.90 Å². The van der Waals surface area contributed by atoms with Crippen LogP contribution in [0, 0.1) is 0 Å². The smallest absolute Gasteiger partial charge is 0.390 e. The Kier molecular flexibility index (Phi) is 9.09. The monoisotopic (exact) mass is 424 g/mol. The van der Waals surface area contributed by atoms with E-state index >= 15 is 0 Å². The van der Waals surface area contributed by atoms with Crippen molar-refractivity contribution in [3.8, 4) is 5.75 Å². The maximum absolute atomic E-state index is 12.8. The van der Waals surface area contributed by atoms with Gasteiger partial charge in [0.1, 0.15) is 5.75 Å². The number of rotatable bonds is 3. The average Bonchev–Trinajstić information content (AvgIpc) is 2.39. The Morgan fingerprint density at radius 3 is 2.32 bits per heavy atom. The molecular weight excluding hydrogens is 408 g/mol. The summed E-state index contributed by atoms with van der Waals surface area (Å²) in [6.07, 6.45) is -5.11. The fourth-order valence-electron chi connectivity index (χ4n) is 2.40. The number of aromatic hydroxyl groups is 1. The lowest BCUT2D eigenvalue weighted by atomic mass is 10.0. The maximum Gasteiger partial charge on any atom is 0.390 e. The van der Waals surface area contributed by atoms with E-state index in [1.54, 1.807) is 12.1 Å².